The molecule has 0 aliphatic rings. The van der Waals surface area contributed by atoms with Gasteiger partial charge in [-0.25, -0.2) is 12.8 Å². The highest BCUT2D eigenvalue weighted by atomic mass is 32.2. The summed E-state index contributed by atoms with van der Waals surface area (Å²) in [6.45, 7) is 4.20. The van der Waals surface area contributed by atoms with Crippen LogP contribution in [0.1, 0.15) is 35.8 Å². The molecule has 1 amide bonds. The van der Waals surface area contributed by atoms with E-state index in [4.69, 9.17) is 0 Å². The lowest BCUT2D eigenvalue weighted by Crippen LogP contribution is -2.31. The Balaban J connectivity index is 2.18. The first kappa shape index (κ1) is 20.6. The standard InChI is InChI=1S/C19H20FN3O3S/c1-3-23(4-2)27(25,26)17-11-7-15(8-12-17)19(24)22-18(13-21)14-5-9-16(20)10-6-14/h5-12,18H,3-4H2,1-2H3,(H,22,24)/t18-/m1/s1. The summed E-state index contributed by atoms with van der Waals surface area (Å²) >= 11 is 0. The van der Waals surface area contributed by atoms with Crippen molar-refractivity contribution in [3.63, 3.8) is 0 Å². The molecule has 2 aromatic carbocycles. The fourth-order valence-electron chi connectivity index (χ4n) is 2.55. The molecule has 0 unspecified atom stereocenters. The molecule has 0 fully saturated rings. The predicted molar refractivity (Wildman–Crippen MR) is 98.8 cm³/mol. The Kier molecular flexibility index (Phi) is 6.66. The first-order valence-corrected chi connectivity index (χ1v) is 9.83. The first-order valence-electron chi connectivity index (χ1n) is 8.39. The first-order chi connectivity index (χ1) is 12.8. The van der Waals surface area contributed by atoms with E-state index in [2.05, 4.69) is 5.32 Å². The number of benzene rings is 2. The van der Waals surface area contributed by atoms with Crippen LogP contribution in [0.5, 0.6) is 0 Å². The molecule has 0 spiro atoms. The Morgan fingerprint density at radius 2 is 1.67 bits per heavy atom. The lowest BCUT2D eigenvalue weighted by Gasteiger charge is -2.18. The molecule has 8 heteroatoms. The highest BCUT2D eigenvalue weighted by Crippen LogP contribution is 2.18. The average Bonchev–Trinajstić information content (AvgIpc) is 2.67. The van der Waals surface area contributed by atoms with Gasteiger partial charge in [-0.1, -0.05) is 26.0 Å². The van der Waals surface area contributed by atoms with Gasteiger partial charge in [0.2, 0.25) is 10.0 Å². The second kappa shape index (κ2) is 8.75. The van der Waals surface area contributed by atoms with Gasteiger partial charge in [0, 0.05) is 18.7 Å². The Bertz CT molecular complexity index is 932. The molecule has 0 radical (unpaired) electrons. The molecule has 0 heterocycles. The number of carbonyl (C=O) groups excluding carboxylic acids is 1. The molecule has 0 saturated heterocycles. The van der Waals surface area contributed by atoms with Gasteiger partial charge in [0.1, 0.15) is 11.9 Å². The Labute approximate surface area is 158 Å². The van der Waals surface area contributed by atoms with Gasteiger partial charge >= 0.3 is 0 Å². The number of nitrogens with one attached hydrogen (secondary N) is 1. The zero-order chi connectivity index (χ0) is 20.0. The minimum Gasteiger partial charge on any atom is -0.333 e. The maximum atomic E-state index is 13.0. The number of hydrogen-bond donors (Lipinski definition) is 1. The van der Waals surface area contributed by atoms with E-state index in [1.54, 1.807) is 13.8 Å². The monoisotopic (exact) mass is 389 g/mol. The fourth-order valence-corrected chi connectivity index (χ4v) is 4.01. The third-order valence-corrected chi connectivity index (χ3v) is 6.13. The van der Waals surface area contributed by atoms with E-state index in [1.807, 2.05) is 6.07 Å². The van der Waals surface area contributed by atoms with Gasteiger partial charge in [-0.15, -0.1) is 0 Å². The predicted octanol–water partition coefficient (Wildman–Crippen LogP) is 2.85. The summed E-state index contributed by atoms with van der Waals surface area (Å²) in [5, 5.41) is 11.8. The zero-order valence-corrected chi connectivity index (χ0v) is 15.8. The largest absolute Gasteiger partial charge is 0.333 e. The Hall–Kier alpha value is -2.76. The third kappa shape index (κ3) is 4.70. The van der Waals surface area contributed by atoms with Gasteiger partial charge in [-0.3, -0.25) is 4.79 Å². The van der Waals surface area contributed by atoms with E-state index in [-0.39, 0.29) is 10.5 Å². The molecule has 2 rings (SSSR count). The summed E-state index contributed by atoms with van der Waals surface area (Å²) in [6.07, 6.45) is 0. The molecule has 27 heavy (non-hydrogen) atoms. The molecular formula is C19H20FN3O3S. The van der Waals surface area contributed by atoms with Crippen LogP contribution in [0.15, 0.2) is 53.4 Å². The number of nitrogens with zero attached hydrogens (tertiary/aromatic N) is 2. The van der Waals surface area contributed by atoms with Crippen LogP contribution in [0, 0.1) is 17.1 Å². The molecule has 1 atom stereocenters. The van der Waals surface area contributed by atoms with Crippen molar-refractivity contribution in [1.82, 2.24) is 9.62 Å². The van der Waals surface area contributed by atoms with Crippen molar-refractivity contribution in [2.45, 2.75) is 24.8 Å². The second-order valence-corrected chi connectivity index (χ2v) is 7.64. The average molecular weight is 389 g/mol. The van der Waals surface area contributed by atoms with Crippen LogP contribution in [-0.4, -0.2) is 31.7 Å². The highest BCUT2D eigenvalue weighted by molar-refractivity contribution is 7.89. The van der Waals surface area contributed by atoms with Gasteiger partial charge < -0.3 is 5.32 Å². The van der Waals surface area contributed by atoms with Gasteiger partial charge in [0.15, 0.2) is 0 Å². The van der Waals surface area contributed by atoms with Crippen molar-refractivity contribution in [2.75, 3.05) is 13.1 Å². The summed E-state index contributed by atoms with van der Waals surface area (Å²) in [6, 6.07) is 11.8. The van der Waals surface area contributed by atoms with Gasteiger partial charge in [0.05, 0.1) is 11.0 Å². The van der Waals surface area contributed by atoms with E-state index >= 15 is 0 Å². The quantitative estimate of drug-likeness (QED) is 0.788. The summed E-state index contributed by atoms with van der Waals surface area (Å²) in [4.78, 5) is 12.5. The van der Waals surface area contributed by atoms with Gasteiger partial charge in [-0.2, -0.15) is 9.57 Å². The van der Waals surface area contributed by atoms with Crippen LogP contribution in [0.25, 0.3) is 0 Å². The lowest BCUT2D eigenvalue weighted by molar-refractivity contribution is 0.0945. The number of carbonyl (C=O) groups is 1. The van der Waals surface area contributed by atoms with Crippen LogP contribution in [0.2, 0.25) is 0 Å². The smallest absolute Gasteiger partial charge is 0.252 e. The molecule has 0 aliphatic carbocycles. The molecule has 6 nitrogen and oxygen atoms in total. The van der Waals surface area contributed by atoms with E-state index in [9.17, 15) is 22.9 Å². The molecule has 0 aliphatic heterocycles. The number of sulfonamides is 1. The number of nitriles is 1. The van der Waals surface area contributed by atoms with Crippen LogP contribution < -0.4 is 5.32 Å². The van der Waals surface area contributed by atoms with Crippen molar-refractivity contribution in [3.8, 4) is 6.07 Å². The molecular weight excluding hydrogens is 369 g/mol. The van der Waals surface area contributed by atoms with Crippen molar-refractivity contribution < 1.29 is 17.6 Å². The van der Waals surface area contributed by atoms with Gasteiger partial charge in [-0.05, 0) is 42.0 Å². The summed E-state index contributed by atoms with van der Waals surface area (Å²) in [5.41, 5.74) is 0.670. The van der Waals surface area contributed by atoms with Crippen LogP contribution in [-0.2, 0) is 10.0 Å². The van der Waals surface area contributed by atoms with Crippen molar-refractivity contribution in [2.24, 2.45) is 0 Å². The summed E-state index contributed by atoms with van der Waals surface area (Å²) in [7, 11) is -3.60. The topological polar surface area (TPSA) is 90.3 Å². The minimum absolute atomic E-state index is 0.0955. The van der Waals surface area contributed by atoms with Crippen molar-refractivity contribution in [3.05, 3.63) is 65.5 Å². The van der Waals surface area contributed by atoms with Crippen molar-refractivity contribution in [1.29, 1.82) is 5.26 Å². The van der Waals surface area contributed by atoms with Gasteiger partial charge in [0.25, 0.3) is 5.91 Å². The molecule has 0 aromatic heterocycles. The van der Waals surface area contributed by atoms with Crippen molar-refractivity contribution >= 4 is 15.9 Å². The number of rotatable bonds is 7. The van der Waals surface area contributed by atoms with E-state index in [0.717, 1.165) is 0 Å². The van der Waals surface area contributed by atoms with Crippen LogP contribution in [0.3, 0.4) is 0 Å². The Morgan fingerprint density at radius 1 is 1.11 bits per heavy atom. The normalized spacial score (nSPS) is 12.4. The maximum absolute atomic E-state index is 13.0. The molecule has 1 N–H and O–H groups in total. The van der Waals surface area contributed by atoms with E-state index < -0.39 is 27.8 Å². The second-order valence-electron chi connectivity index (χ2n) is 5.70. The SMILES string of the molecule is CCN(CC)S(=O)(=O)c1ccc(C(=O)N[C@H](C#N)c2ccc(F)cc2)cc1. The van der Waals surface area contributed by atoms with E-state index in [0.29, 0.717) is 18.7 Å². The van der Waals surface area contributed by atoms with E-state index in [1.165, 1.54) is 52.8 Å². The maximum Gasteiger partial charge on any atom is 0.252 e. The molecule has 142 valence electrons. The molecule has 0 saturated carbocycles. The third-order valence-electron chi connectivity index (χ3n) is 4.07. The zero-order valence-electron chi connectivity index (χ0n) is 15.0. The lowest BCUT2D eigenvalue weighted by atomic mass is 10.1. The Morgan fingerprint density at radius 3 is 2.15 bits per heavy atom. The molecule has 2 aromatic rings. The number of halogens is 1. The number of hydrogen-bond acceptors (Lipinski definition) is 4. The minimum atomic E-state index is -3.60. The number of amides is 1. The molecule has 0 bridgehead atoms. The highest BCUT2D eigenvalue weighted by Gasteiger charge is 2.22. The van der Waals surface area contributed by atoms with Crippen LogP contribution in [0.4, 0.5) is 4.39 Å². The summed E-state index contributed by atoms with van der Waals surface area (Å²) < 4.78 is 39.3. The fraction of sp³-hybridized carbons (Fsp3) is 0.263. The van der Waals surface area contributed by atoms with Crippen LogP contribution >= 0.6 is 0 Å². The summed E-state index contributed by atoms with van der Waals surface area (Å²) in [5.74, 6) is -0.968.